The molecule has 170 valence electrons. The van der Waals surface area contributed by atoms with Gasteiger partial charge in [0.2, 0.25) is 0 Å². The molecule has 0 aliphatic carbocycles. The Balaban J connectivity index is 1.36. The minimum Gasteiger partial charge on any atom is -0.361 e. The molecule has 1 saturated heterocycles. The van der Waals surface area contributed by atoms with Crippen molar-refractivity contribution in [1.29, 1.82) is 0 Å². The molecule has 1 atom stereocenters. The number of halogens is 3. The van der Waals surface area contributed by atoms with Gasteiger partial charge in [-0.2, -0.15) is 0 Å². The van der Waals surface area contributed by atoms with Crippen LogP contribution in [0.2, 0.25) is 15.1 Å². The lowest BCUT2D eigenvalue weighted by Crippen LogP contribution is -2.48. The van der Waals surface area contributed by atoms with Crippen molar-refractivity contribution >= 4 is 46.2 Å². The van der Waals surface area contributed by atoms with Crippen molar-refractivity contribution in [3.05, 3.63) is 98.5 Å². The Morgan fingerprint density at radius 2 is 1.61 bits per heavy atom. The minimum atomic E-state index is 0.168. The third kappa shape index (κ3) is 5.22. The summed E-state index contributed by atoms with van der Waals surface area (Å²) in [5, 5.41) is 2.08. The number of hydrogen-bond acceptors (Lipinski definition) is 3. The van der Waals surface area contributed by atoms with Crippen LogP contribution in [-0.4, -0.2) is 36.8 Å². The van der Waals surface area contributed by atoms with Gasteiger partial charge >= 0.3 is 0 Å². The van der Waals surface area contributed by atoms with Gasteiger partial charge in [0.05, 0.1) is 16.8 Å². The predicted molar refractivity (Wildman–Crippen MR) is 140 cm³/mol. The molecule has 0 N–H and O–H groups in total. The van der Waals surface area contributed by atoms with Gasteiger partial charge in [0.25, 0.3) is 0 Å². The normalized spacial score (nSPS) is 19.1. The molecule has 0 aromatic heterocycles. The highest BCUT2D eigenvalue weighted by atomic mass is 35.5. The molecule has 3 nitrogen and oxygen atoms in total. The first-order valence-electron chi connectivity index (χ1n) is 11.4. The lowest BCUT2D eigenvalue weighted by atomic mass is 10.00. The summed E-state index contributed by atoms with van der Waals surface area (Å²) in [5.74, 6) is 0. The van der Waals surface area contributed by atoms with Gasteiger partial charge in [0.1, 0.15) is 0 Å². The van der Waals surface area contributed by atoms with Crippen LogP contribution in [0.4, 0.5) is 5.69 Å². The van der Waals surface area contributed by atoms with Crippen molar-refractivity contribution in [3.8, 4) is 0 Å². The zero-order chi connectivity index (χ0) is 22.8. The molecule has 3 aromatic carbocycles. The van der Waals surface area contributed by atoms with E-state index in [1.54, 1.807) is 0 Å². The van der Waals surface area contributed by atoms with Crippen LogP contribution < -0.4 is 4.90 Å². The number of hydrogen-bond donors (Lipinski definition) is 0. The number of rotatable bonds is 5. The average Bonchev–Trinajstić information content (AvgIpc) is 3.36. The highest BCUT2D eigenvalue weighted by molar-refractivity contribution is 6.36. The zero-order valence-corrected chi connectivity index (χ0v) is 20.6. The van der Waals surface area contributed by atoms with Gasteiger partial charge in [-0.1, -0.05) is 71.2 Å². The molecule has 0 spiro atoms. The van der Waals surface area contributed by atoms with E-state index in [9.17, 15) is 0 Å². The standard InChI is InChI=1S/C27H26Cl3N3/c28-22-9-7-21(8-10-22)27-18-32(14-15-33(27)26-12-11-23(29)16-24(26)30)17-19-3-5-20(6-4-19)25-2-1-13-31-25/h3-12,16,27H,1-2,13-15,17-18H2/t27-/m0/s1. The van der Waals surface area contributed by atoms with E-state index in [4.69, 9.17) is 34.8 Å². The van der Waals surface area contributed by atoms with Crippen LogP contribution in [0, 0.1) is 0 Å². The van der Waals surface area contributed by atoms with Crippen LogP contribution in [0.5, 0.6) is 0 Å². The first kappa shape index (κ1) is 22.7. The second-order valence-corrected chi connectivity index (χ2v) is 10.0. The molecule has 2 heterocycles. The van der Waals surface area contributed by atoms with Gasteiger partial charge in [0, 0.05) is 48.5 Å². The van der Waals surface area contributed by atoms with E-state index in [1.807, 2.05) is 30.3 Å². The number of nitrogens with zero attached hydrogens (tertiary/aromatic N) is 3. The molecule has 3 aromatic rings. The first-order valence-corrected chi connectivity index (χ1v) is 12.5. The average molecular weight is 499 g/mol. The predicted octanol–water partition coefficient (Wildman–Crippen LogP) is 7.29. The smallest absolute Gasteiger partial charge is 0.0670 e. The third-order valence-corrected chi connectivity index (χ3v) is 7.30. The maximum atomic E-state index is 6.61. The van der Waals surface area contributed by atoms with Gasteiger partial charge in [0.15, 0.2) is 0 Å². The summed E-state index contributed by atoms with van der Waals surface area (Å²) in [5.41, 5.74) is 6.08. The van der Waals surface area contributed by atoms with Gasteiger partial charge in [-0.25, -0.2) is 0 Å². The summed E-state index contributed by atoms with van der Waals surface area (Å²) in [6, 6.07) is 23.0. The highest BCUT2D eigenvalue weighted by Gasteiger charge is 2.29. The molecule has 2 aliphatic rings. The topological polar surface area (TPSA) is 18.8 Å². The maximum Gasteiger partial charge on any atom is 0.0670 e. The Bertz CT molecular complexity index is 1140. The van der Waals surface area contributed by atoms with Gasteiger partial charge in [-0.15, -0.1) is 0 Å². The van der Waals surface area contributed by atoms with Gasteiger partial charge < -0.3 is 4.90 Å². The van der Waals surface area contributed by atoms with Crippen molar-refractivity contribution in [3.63, 3.8) is 0 Å². The summed E-state index contributed by atoms with van der Waals surface area (Å²) in [4.78, 5) is 9.53. The van der Waals surface area contributed by atoms with Crippen LogP contribution >= 0.6 is 34.8 Å². The fourth-order valence-corrected chi connectivity index (χ4v) is 5.43. The maximum absolute atomic E-state index is 6.61. The summed E-state index contributed by atoms with van der Waals surface area (Å²) in [7, 11) is 0. The minimum absolute atomic E-state index is 0.168. The van der Waals surface area contributed by atoms with E-state index < -0.39 is 0 Å². The van der Waals surface area contributed by atoms with Gasteiger partial charge in [-0.3, -0.25) is 9.89 Å². The van der Waals surface area contributed by atoms with Crippen molar-refractivity contribution in [1.82, 2.24) is 4.90 Å². The Kier molecular flexibility index (Phi) is 6.94. The number of aliphatic imine (C=N–C) groups is 1. The van der Waals surface area contributed by atoms with Crippen LogP contribution in [0.15, 0.2) is 71.7 Å². The number of piperazine rings is 1. The van der Waals surface area contributed by atoms with E-state index in [2.05, 4.69) is 51.2 Å². The molecular formula is C27H26Cl3N3. The lowest BCUT2D eigenvalue weighted by Gasteiger charge is -2.43. The molecule has 0 unspecified atom stereocenters. The Morgan fingerprint density at radius 3 is 2.30 bits per heavy atom. The summed E-state index contributed by atoms with van der Waals surface area (Å²) in [6.07, 6.45) is 2.27. The van der Waals surface area contributed by atoms with Crippen molar-refractivity contribution in [2.24, 2.45) is 4.99 Å². The number of anilines is 1. The Morgan fingerprint density at radius 1 is 0.848 bits per heavy atom. The van der Waals surface area contributed by atoms with E-state index in [0.717, 1.165) is 49.9 Å². The fraction of sp³-hybridized carbons (Fsp3) is 0.296. The molecular weight excluding hydrogens is 473 g/mol. The van der Waals surface area contributed by atoms with Crippen LogP contribution in [-0.2, 0) is 6.54 Å². The first-order chi connectivity index (χ1) is 16.1. The molecule has 5 rings (SSSR count). The SMILES string of the molecule is Clc1ccc([C@@H]2CN(Cc3ccc(C4=NCCC4)cc3)CCN2c2ccc(Cl)cc2Cl)cc1. The van der Waals surface area contributed by atoms with Gasteiger partial charge in [-0.05, 0) is 59.9 Å². The zero-order valence-electron chi connectivity index (χ0n) is 18.4. The van der Waals surface area contributed by atoms with Crippen molar-refractivity contribution in [2.75, 3.05) is 31.1 Å². The summed E-state index contributed by atoms with van der Waals surface area (Å²) in [6.45, 7) is 4.61. The lowest BCUT2D eigenvalue weighted by molar-refractivity contribution is 0.215. The highest BCUT2D eigenvalue weighted by Crippen LogP contribution is 2.37. The molecule has 0 amide bonds. The number of benzene rings is 3. The van der Waals surface area contributed by atoms with Crippen molar-refractivity contribution < 1.29 is 0 Å². The summed E-state index contributed by atoms with van der Waals surface area (Å²) < 4.78 is 0. The third-order valence-electron chi connectivity index (χ3n) is 6.51. The van der Waals surface area contributed by atoms with E-state index in [1.165, 1.54) is 28.8 Å². The summed E-state index contributed by atoms with van der Waals surface area (Å²) >= 11 is 18.9. The fourth-order valence-electron chi connectivity index (χ4n) is 4.79. The van der Waals surface area contributed by atoms with E-state index >= 15 is 0 Å². The second kappa shape index (κ2) is 10.1. The monoisotopic (exact) mass is 497 g/mol. The van der Waals surface area contributed by atoms with Crippen molar-refractivity contribution in [2.45, 2.75) is 25.4 Å². The van der Waals surface area contributed by atoms with E-state index in [-0.39, 0.29) is 6.04 Å². The van der Waals surface area contributed by atoms with Crippen LogP contribution in [0.25, 0.3) is 0 Å². The molecule has 0 saturated carbocycles. The Hall–Kier alpha value is -2.04. The molecule has 33 heavy (non-hydrogen) atoms. The Labute approximate surface area is 210 Å². The molecule has 0 bridgehead atoms. The molecule has 0 radical (unpaired) electrons. The quantitative estimate of drug-likeness (QED) is 0.368. The van der Waals surface area contributed by atoms with Crippen LogP contribution in [0.3, 0.4) is 0 Å². The molecule has 1 fully saturated rings. The molecule has 2 aliphatic heterocycles. The molecule has 6 heteroatoms. The second-order valence-electron chi connectivity index (χ2n) is 8.72. The van der Waals surface area contributed by atoms with E-state index in [0.29, 0.717) is 10.0 Å². The largest absolute Gasteiger partial charge is 0.361 e. The van der Waals surface area contributed by atoms with Crippen LogP contribution in [0.1, 0.15) is 35.6 Å².